The van der Waals surface area contributed by atoms with Crippen molar-refractivity contribution in [2.24, 2.45) is 5.92 Å². The second-order valence-electron chi connectivity index (χ2n) is 8.74. The average molecular weight is 486 g/mol. The maximum absolute atomic E-state index is 12.3. The summed E-state index contributed by atoms with van der Waals surface area (Å²) in [6.07, 6.45) is -3.19. The summed E-state index contributed by atoms with van der Waals surface area (Å²) < 4.78 is 9.74. The summed E-state index contributed by atoms with van der Waals surface area (Å²) in [5.74, 6) is -1.36. The normalized spacial score (nSPS) is 26.4. The molecular weight excluding hydrogens is 450 g/mol. The number of alkyl carbamates (subject to hydrolysis) is 1. The van der Waals surface area contributed by atoms with Gasteiger partial charge in [-0.15, -0.1) is 0 Å². The number of thioether (sulfide) groups is 1. The van der Waals surface area contributed by atoms with Crippen LogP contribution in [0.25, 0.3) is 0 Å². The van der Waals surface area contributed by atoms with Crippen LogP contribution in [0, 0.1) is 5.92 Å². The number of aliphatic carboxylic acids is 1. The number of rotatable bonds is 11. The summed E-state index contributed by atoms with van der Waals surface area (Å²) in [5.41, 5.74) is 0.778. The van der Waals surface area contributed by atoms with Crippen molar-refractivity contribution < 1.29 is 39.5 Å². The number of ether oxygens (including phenoxy) is 2. The van der Waals surface area contributed by atoms with Crippen LogP contribution in [-0.2, 0) is 20.9 Å². The van der Waals surface area contributed by atoms with Crippen LogP contribution in [0.5, 0.6) is 0 Å². The second kappa shape index (κ2) is 12.6. The van der Waals surface area contributed by atoms with E-state index in [-0.39, 0.29) is 12.4 Å². The van der Waals surface area contributed by atoms with Crippen molar-refractivity contribution in [1.82, 2.24) is 5.32 Å². The van der Waals surface area contributed by atoms with Gasteiger partial charge in [-0.2, -0.15) is 11.8 Å². The third-order valence-corrected chi connectivity index (χ3v) is 7.28. The van der Waals surface area contributed by atoms with Crippen molar-refractivity contribution in [2.75, 3.05) is 5.75 Å². The highest BCUT2D eigenvalue weighted by Crippen LogP contribution is 2.36. The van der Waals surface area contributed by atoms with Gasteiger partial charge in [0, 0.05) is 16.4 Å². The number of nitrogens with one attached hydrogen (secondary N) is 1. The minimum absolute atomic E-state index is 0.0136. The monoisotopic (exact) mass is 485 g/mol. The molecule has 1 fully saturated rings. The first-order chi connectivity index (χ1) is 15.6. The summed E-state index contributed by atoms with van der Waals surface area (Å²) in [6.45, 7) is 5.38. The Kier molecular flexibility index (Phi) is 10.4. The lowest BCUT2D eigenvalue weighted by Gasteiger charge is -2.42. The van der Waals surface area contributed by atoms with Crippen molar-refractivity contribution >= 4 is 23.8 Å². The third kappa shape index (κ3) is 7.86. The zero-order valence-corrected chi connectivity index (χ0v) is 20.0. The zero-order chi connectivity index (χ0) is 24.6. The van der Waals surface area contributed by atoms with Gasteiger partial charge in [-0.05, 0) is 25.8 Å². The van der Waals surface area contributed by atoms with Crippen molar-refractivity contribution in [1.29, 1.82) is 0 Å². The SMILES string of the molecule is CCCCC1C(CSC(C)(C)[C@@H](NC(=O)OCc2ccccc2)C(=O)O)OC(O)C(O)C1O. The van der Waals surface area contributed by atoms with Crippen molar-refractivity contribution in [3.63, 3.8) is 0 Å². The lowest BCUT2D eigenvalue weighted by molar-refractivity contribution is -0.264. The van der Waals surface area contributed by atoms with E-state index >= 15 is 0 Å². The molecule has 1 amide bonds. The standard InChI is InChI=1S/C23H35NO8S/c1-4-5-11-15-16(32-21(29)18(26)17(15)25)13-33-23(2,3)19(20(27)28)24-22(30)31-12-14-9-7-6-8-10-14/h6-10,15-19,21,25-26,29H,4-5,11-13H2,1-3H3,(H,24,30)(H,27,28)/t15?,16?,17?,18?,19-,21?/m0/s1. The zero-order valence-electron chi connectivity index (χ0n) is 19.2. The molecule has 1 heterocycles. The quantitative estimate of drug-likeness (QED) is 0.318. The molecule has 0 bridgehead atoms. The fourth-order valence-corrected chi connectivity index (χ4v) is 5.00. The van der Waals surface area contributed by atoms with Crippen LogP contribution in [0.1, 0.15) is 45.6 Å². The Balaban J connectivity index is 2.00. The number of carbonyl (C=O) groups is 2. The molecule has 1 aromatic rings. The molecule has 1 aromatic carbocycles. The first-order valence-electron chi connectivity index (χ1n) is 11.1. The molecule has 6 atom stereocenters. The lowest BCUT2D eigenvalue weighted by atomic mass is 9.85. The average Bonchev–Trinajstić information content (AvgIpc) is 2.78. The number of hydrogen-bond donors (Lipinski definition) is 5. The van der Waals surface area contributed by atoms with E-state index in [4.69, 9.17) is 9.47 Å². The van der Waals surface area contributed by atoms with E-state index in [0.29, 0.717) is 6.42 Å². The van der Waals surface area contributed by atoms with Gasteiger partial charge >= 0.3 is 12.1 Å². The summed E-state index contributed by atoms with van der Waals surface area (Å²) in [7, 11) is 0. The van der Waals surface area contributed by atoms with Crippen LogP contribution in [0.3, 0.4) is 0 Å². The first kappa shape index (κ1) is 27.4. The Bertz CT molecular complexity index is 762. The molecule has 186 valence electrons. The molecule has 0 aliphatic carbocycles. The number of unbranched alkanes of at least 4 members (excludes halogenated alkanes) is 1. The van der Waals surface area contributed by atoms with E-state index in [9.17, 15) is 30.0 Å². The maximum atomic E-state index is 12.3. The first-order valence-corrected chi connectivity index (χ1v) is 12.1. The number of carbonyl (C=O) groups excluding carboxylic acids is 1. The number of amides is 1. The molecule has 1 saturated heterocycles. The third-order valence-electron chi connectivity index (χ3n) is 5.80. The Labute approximate surface area is 198 Å². The fraction of sp³-hybridized carbons (Fsp3) is 0.652. The van der Waals surface area contributed by atoms with Crippen LogP contribution in [0.2, 0.25) is 0 Å². The highest BCUT2D eigenvalue weighted by atomic mass is 32.2. The van der Waals surface area contributed by atoms with Gasteiger partial charge < -0.3 is 35.2 Å². The predicted molar refractivity (Wildman–Crippen MR) is 124 cm³/mol. The van der Waals surface area contributed by atoms with Gasteiger partial charge in [0.05, 0.1) is 12.2 Å². The minimum Gasteiger partial charge on any atom is -0.480 e. The summed E-state index contributed by atoms with van der Waals surface area (Å²) >= 11 is 1.24. The minimum atomic E-state index is -1.52. The van der Waals surface area contributed by atoms with E-state index in [2.05, 4.69) is 5.32 Å². The molecule has 1 aliphatic rings. The highest BCUT2D eigenvalue weighted by Gasteiger charge is 2.45. The number of aliphatic hydroxyl groups is 3. The highest BCUT2D eigenvalue weighted by molar-refractivity contribution is 8.00. The van der Waals surface area contributed by atoms with Crippen molar-refractivity contribution in [3.05, 3.63) is 35.9 Å². The summed E-state index contributed by atoms with van der Waals surface area (Å²) in [5, 5.41) is 42.5. The Morgan fingerprint density at radius 1 is 1.18 bits per heavy atom. The Morgan fingerprint density at radius 2 is 1.85 bits per heavy atom. The van der Waals surface area contributed by atoms with E-state index in [0.717, 1.165) is 18.4 Å². The van der Waals surface area contributed by atoms with Crippen LogP contribution < -0.4 is 5.32 Å². The number of hydrogen-bond acceptors (Lipinski definition) is 8. The van der Waals surface area contributed by atoms with Gasteiger partial charge in [0.2, 0.25) is 0 Å². The molecular formula is C23H35NO8S. The predicted octanol–water partition coefficient (Wildman–Crippen LogP) is 2.12. The van der Waals surface area contributed by atoms with E-state index in [1.807, 2.05) is 25.1 Å². The molecule has 0 saturated carbocycles. The van der Waals surface area contributed by atoms with Gasteiger partial charge in [-0.3, -0.25) is 0 Å². The number of benzene rings is 1. The number of aliphatic hydroxyl groups excluding tert-OH is 3. The van der Waals surface area contributed by atoms with Gasteiger partial charge in [0.15, 0.2) is 6.29 Å². The van der Waals surface area contributed by atoms with Crippen LogP contribution >= 0.6 is 11.8 Å². The molecule has 2 rings (SSSR count). The molecule has 10 heteroatoms. The van der Waals surface area contributed by atoms with Crippen molar-refractivity contribution in [3.8, 4) is 0 Å². The molecule has 1 aliphatic heterocycles. The number of carboxylic acid groups (broad SMARTS) is 1. The van der Waals surface area contributed by atoms with Crippen LogP contribution in [0.15, 0.2) is 30.3 Å². The Hall–Kier alpha value is -1.85. The largest absolute Gasteiger partial charge is 0.480 e. The van der Waals surface area contributed by atoms with Gasteiger partial charge in [0.25, 0.3) is 0 Å². The fourth-order valence-electron chi connectivity index (χ4n) is 3.76. The van der Waals surface area contributed by atoms with Gasteiger partial charge in [-0.1, -0.05) is 50.1 Å². The molecule has 5 N–H and O–H groups in total. The van der Waals surface area contributed by atoms with E-state index < -0.39 is 53.4 Å². The summed E-state index contributed by atoms with van der Waals surface area (Å²) in [4.78, 5) is 24.2. The molecule has 33 heavy (non-hydrogen) atoms. The van der Waals surface area contributed by atoms with Crippen LogP contribution in [0.4, 0.5) is 4.79 Å². The van der Waals surface area contributed by atoms with E-state index in [1.165, 1.54) is 11.8 Å². The molecule has 5 unspecified atom stereocenters. The van der Waals surface area contributed by atoms with Gasteiger partial charge in [0.1, 0.15) is 18.8 Å². The second-order valence-corrected chi connectivity index (χ2v) is 10.4. The molecule has 0 spiro atoms. The topological polar surface area (TPSA) is 146 Å². The lowest BCUT2D eigenvalue weighted by Crippen LogP contribution is -2.56. The molecule has 0 radical (unpaired) electrons. The van der Waals surface area contributed by atoms with E-state index in [1.54, 1.807) is 26.0 Å². The summed E-state index contributed by atoms with van der Waals surface area (Å²) in [6, 6.07) is 7.78. The molecule has 0 aromatic heterocycles. The smallest absolute Gasteiger partial charge is 0.408 e. The van der Waals surface area contributed by atoms with Crippen LogP contribution in [-0.4, -0.2) is 73.6 Å². The number of carboxylic acids is 1. The maximum Gasteiger partial charge on any atom is 0.408 e. The van der Waals surface area contributed by atoms with Crippen molar-refractivity contribution in [2.45, 2.75) is 82.0 Å². The molecule has 9 nitrogen and oxygen atoms in total. The Morgan fingerprint density at radius 3 is 2.45 bits per heavy atom. The van der Waals surface area contributed by atoms with Gasteiger partial charge in [-0.25, -0.2) is 9.59 Å².